The Morgan fingerprint density at radius 2 is 1.35 bits per heavy atom. The summed E-state index contributed by atoms with van der Waals surface area (Å²) in [4.78, 5) is 0. The van der Waals surface area contributed by atoms with Gasteiger partial charge in [0.15, 0.2) is 0 Å². The van der Waals surface area contributed by atoms with E-state index in [4.69, 9.17) is 5.73 Å². The number of nitrogens with two attached hydrogens (primary N) is 1. The minimum atomic E-state index is 0.308. The van der Waals surface area contributed by atoms with E-state index in [1.807, 2.05) is 0 Å². The molecule has 4 aromatic carbocycles. The zero-order chi connectivity index (χ0) is 15.4. The van der Waals surface area contributed by atoms with E-state index in [0.717, 1.165) is 6.42 Å². The van der Waals surface area contributed by atoms with Crippen LogP contribution in [0.25, 0.3) is 32.3 Å². The molecule has 1 heteroatoms. The van der Waals surface area contributed by atoms with E-state index >= 15 is 0 Å². The van der Waals surface area contributed by atoms with Gasteiger partial charge in [-0.3, -0.25) is 0 Å². The quantitative estimate of drug-likeness (QED) is 0.457. The second-order valence-corrected chi connectivity index (χ2v) is 7.07. The lowest BCUT2D eigenvalue weighted by atomic mass is 9.78. The lowest BCUT2D eigenvalue weighted by molar-refractivity contribution is 0.387. The Bertz CT molecular complexity index is 985. The lowest BCUT2D eigenvalue weighted by Gasteiger charge is -2.30. The Morgan fingerprint density at radius 1 is 0.696 bits per heavy atom. The molecule has 2 atom stereocenters. The second kappa shape index (κ2) is 4.94. The van der Waals surface area contributed by atoms with Gasteiger partial charge in [0.1, 0.15) is 0 Å². The molecule has 1 fully saturated rings. The molecule has 0 heterocycles. The molecule has 5 rings (SSSR count). The third-order valence-electron chi connectivity index (χ3n) is 5.78. The van der Waals surface area contributed by atoms with Gasteiger partial charge in [-0.15, -0.1) is 0 Å². The topological polar surface area (TPSA) is 26.0 Å². The molecule has 114 valence electrons. The highest BCUT2D eigenvalue weighted by molar-refractivity contribution is 6.23. The van der Waals surface area contributed by atoms with Crippen molar-refractivity contribution in [3.05, 3.63) is 60.2 Å². The van der Waals surface area contributed by atoms with Crippen LogP contribution in [-0.4, -0.2) is 6.04 Å². The Labute approximate surface area is 136 Å². The molecule has 1 nitrogen and oxygen atoms in total. The second-order valence-electron chi connectivity index (χ2n) is 7.07. The van der Waals surface area contributed by atoms with Crippen LogP contribution in [0.4, 0.5) is 0 Å². The first-order valence-corrected chi connectivity index (χ1v) is 8.75. The maximum absolute atomic E-state index is 6.48. The molecule has 2 unspecified atom stereocenters. The summed E-state index contributed by atoms with van der Waals surface area (Å²) in [5, 5.41) is 8.27. The summed E-state index contributed by atoms with van der Waals surface area (Å²) in [5.74, 6) is 0.508. The van der Waals surface area contributed by atoms with Gasteiger partial charge in [-0.25, -0.2) is 0 Å². The predicted molar refractivity (Wildman–Crippen MR) is 99.3 cm³/mol. The van der Waals surface area contributed by atoms with E-state index in [1.54, 1.807) is 0 Å². The van der Waals surface area contributed by atoms with Crippen LogP contribution >= 0.6 is 0 Å². The van der Waals surface area contributed by atoms with Crippen LogP contribution in [0.3, 0.4) is 0 Å². The van der Waals surface area contributed by atoms with Crippen molar-refractivity contribution in [2.45, 2.75) is 37.6 Å². The standard InChI is InChI=1S/C22H21N/c23-20-7-2-1-6-18(20)17-12-10-16-9-8-14-4-3-5-15-11-13-19(17)22(16)21(14)15/h3-5,8-13,18,20H,1-2,6-7,23H2. The zero-order valence-electron chi connectivity index (χ0n) is 13.3. The van der Waals surface area contributed by atoms with Crippen LogP contribution in [0.2, 0.25) is 0 Å². The molecule has 4 aromatic rings. The molecule has 1 aliphatic rings. The lowest BCUT2D eigenvalue weighted by Crippen LogP contribution is -2.31. The van der Waals surface area contributed by atoms with Crippen molar-refractivity contribution in [3.63, 3.8) is 0 Å². The highest BCUT2D eigenvalue weighted by atomic mass is 14.7. The molecular formula is C22H21N. The first-order chi connectivity index (χ1) is 11.3. The maximum atomic E-state index is 6.48. The average molecular weight is 299 g/mol. The predicted octanol–water partition coefficient (Wildman–Crippen LogP) is 5.57. The van der Waals surface area contributed by atoms with Crippen LogP contribution in [0.1, 0.15) is 37.2 Å². The van der Waals surface area contributed by atoms with Gasteiger partial charge < -0.3 is 5.73 Å². The van der Waals surface area contributed by atoms with Gasteiger partial charge in [0, 0.05) is 6.04 Å². The fraction of sp³-hybridized carbons (Fsp3) is 0.273. The zero-order valence-corrected chi connectivity index (χ0v) is 13.3. The number of benzene rings is 4. The third-order valence-corrected chi connectivity index (χ3v) is 5.78. The average Bonchev–Trinajstić information content (AvgIpc) is 2.60. The first kappa shape index (κ1) is 13.3. The summed E-state index contributed by atoms with van der Waals surface area (Å²) in [7, 11) is 0. The third kappa shape index (κ3) is 1.90. The summed E-state index contributed by atoms with van der Waals surface area (Å²) in [6.07, 6.45) is 4.97. The molecule has 0 aliphatic heterocycles. The minimum Gasteiger partial charge on any atom is -0.327 e. The Hall–Kier alpha value is -2.12. The highest BCUT2D eigenvalue weighted by Crippen LogP contribution is 2.41. The van der Waals surface area contributed by atoms with Crippen LogP contribution in [0.15, 0.2) is 54.6 Å². The Morgan fingerprint density at radius 3 is 2.13 bits per heavy atom. The molecule has 0 spiro atoms. The molecule has 0 saturated heterocycles. The van der Waals surface area contributed by atoms with Crippen LogP contribution < -0.4 is 5.73 Å². The smallest absolute Gasteiger partial charge is 0.0108 e. The van der Waals surface area contributed by atoms with E-state index in [2.05, 4.69) is 54.6 Å². The van der Waals surface area contributed by atoms with Gasteiger partial charge >= 0.3 is 0 Å². The molecule has 1 aliphatic carbocycles. The molecular weight excluding hydrogens is 278 g/mol. The van der Waals surface area contributed by atoms with Crippen molar-refractivity contribution in [1.29, 1.82) is 0 Å². The molecule has 2 N–H and O–H groups in total. The van der Waals surface area contributed by atoms with Gasteiger partial charge in [0.25, 0.3) is 0 Å². The minimum absolute atomic E-state index is 0.308. The maximum Gasteiger partial charge on any atom is 0.0108 e. The van der Waals surface area contributed by atoms with Gasteiger partial charge in [-0.1, -0.05) is 67.4 Å². The fourth-order valence-electron chi connectivity index (χ4n) is 4.63. The van der Waals surface area contributed by atoms with Crippen molar-refractivity contribution < 1.29 is 0 Å². The van der Waals surface area contributed by atoms with Gasteiger partial charge in [0.2, 0.25) is 0 Å². The van der Waals surface area contributed by atoms with Gasteiger partial charge in [-0.05, 0) is 56.6 Å². The monoisotopic (exact) mass is 299 g/mol. The van der Waals surface area contributed by atoms with Crippen LogP contribution in [0, 0.1) is 0 Å². The van der Waals surface area contributed by atoms with Crippen molar-refractivity contribution in [2.24, 2.45) is 5.73 Å². The van der Waals surface area contributed by atoms with Crippen molar-refractivity contribution >= 4 is 32.3 Å². The molecule has 1 saturated carbocycles. The molecule has 0 bridgehead atoms. The number of hydrogen-bond donors (Lipinski definition) is 1. The highest BCUT2D eigenvalue weighted by Gasteiger charge is 2.25. The molecule has 0 radical (unpaired) electrons. The molecule has 0 aromatic heterocycles. The summed E-state index contributed by atoms with van der Waals surface area (Å²) < 4.78 is 0. The van der Waals surface area contributed by atoms with E-state index in [1.165, 1.54) is 57.1 Å². The Kier molecular flexibility index (Phi) is 2.86. The molecule has 23 heavy (non-hydrogen) atoms. The van der Waals surface area contributed by atoms with Gasteiger partial charge in [0.05, 0.1) is 0 Å². The number of rotatable bonds is 1. The van der Waals surface area contributed by atoms with Crippen molar-refractivity contribution in [3.8, 4) is 0 Å². The van der Waals surface area contributed by atoms with E-state index in [9.17, 15) is 0 Å². The van der Waals surface area contributed by atoms with Crippen molar-refractivity contribution in [2.75, 3.05) is 0 Å². The van der Waals surface area contributed by atoms with Crippen LogP contribution in [-0.2, 0) is 0 Å². The van der Waals surface area contributed by atoms with E-state index < -0.39 is 0 Å². The summed E-state index contributed by atoms with van der Waals surface area (Å²) in [6, 6.07) is 20.6. The normalized spacial score (nSPS) is 22.3. The summed E-state index contributed by atoms with van der Waals surface area (Å²) >= 11 is 0. The SMILES string of the molecule is NC1CCCCC1c1ccc2ccc3cccc4ccc1c2c34. The van der Waals surface area contributed by atoms with E-state index in [-0.39, 0.29) is 0 Å². The molecule has 0 amide bonds. The summed E-state index contributed by atoms with van der Waals surface area (Å²) in [5.41, 5.74) is 7.94. The van der Waals surface area contributed by atoms with Crippen LogP contribution in [0.5, 0.6) is 0 Å². The summed E-state index contributed by atoms with van der Waals surface area (Å²) in [6.45, 7) is 0. The number of hydrogen-bond acceptors (Lipinski definition) is 1. The van der Waals surface area contributed by atoms with Crippen molar-refractivity contribution in [1.82, 2.24) is 0 Å². The van der Waals surface area contributed by atoms with E-state index in [0.29, 0.717) is 12.0 Å². The first-order valence-electron chi connectivity index (χ1n) is 8.75. The largest absolute Gasteiger partial charge is 0.327 e. The van der Waals surface area contributed by atoms with Gasteiger partial charge in [-0.2, -0.15) is 0 Å². The Balaban J connectivity index is 1.87. The fourth-order valence-corrected chi connectivity index (χ4v) is 4.63.